The molecule has 1 heterocycles. The highest BCUT2D eigenvalue weighted by Gasteiger charge is 2.33. The first-order chi connectivity index (χ1) is 20.8. The maximum atomic E-state index is 13.7. The van der Waals surface area contributed by atoms with Gasteiger partial charge in [0.15, 0.2) is 16.7 Å². The van der Waals surface area contributed by atoms with Gasteiger partial charge in [-0.05, 0) is 106 Å². The normalized spacial score (nSPS) is 14.8. The van der Waals surface area contributed by atoms with Crippen LogP contribution in [0.5, 0.6) is 17.2 Å². The summed E-state index contributed by atoms with van der Waals surface area (Å²) in [4.78, 5) is 32.0. The molecular formula is C33H27IN2O6S. The second kappa shape index (κ2) is 13.8. The molecule has 0 aromatic heterocycles. The lowest BCUT2D eigenvalue weighted by atomic mass is 10.1. The number of ether oxygens (including phenoxy) is 3. The van der Waals surface area contributed by atoms with Crippen molar-refractivity contribution in [3.63, 3.8) is 0 Å². The van der Waals surface area contributed by atoms with E-state index in [2.05, 4.69) is 22.6 Å². The van der Waals surface area contributed by atoms with E-state index in [-0.39, 0.29) is 18.1 Å². The smallest absolute Gasteiger partial charge is 0.335 e. The zero-order valence-electron chi connectivity index (χ0n) is 23.3. The van der Waals surface area contributed by atoms with Crippen LogP contribution in [0, 0.1) is 3.57 Å². The van der Waals surface area contributed by atoms with Crippen LogP contribution in [0.2, 0.25) is 0 Å². The van der Waals surface area contributed by atoms with E-state index in [1.54, 1.807) is 37.3 Å². The quantitative estimate of drug-likeness (QED) is 0.136. The number of aliphatic imine (C=N–C) groups is 1. The molecular weight excluding hydrogens is 679 g/mol. The number of carbonyl (C=O) groups is 2. The molecule has 0 unspecified atom stereocenters. The molecule has 43 heavy (non-hydrogen) atoms. The van der Waals surface area contributed by atoms with Crippen LogP contribution >= 0.6 is 34.4 Å². The molecule has 1 amide bonds. The number of aromatic carboxylic acids is 1. The largest absolute Gasteiger partial charge is 0.497 e. The summed E-state index contributed by atoms with van der Waals surface area (Å²) in [6, 6.07) is 27.5. The summed E-state index contributed by atoms with van der Waals surface area (Å²) >= 11 is 3.48. The van der Waals surface area contributed by atoms with Crippen molar-refractivity contribution in [2.75, 3.05) is 14.2 Å². The van der Waals surface area contributed by atoms with Crippen LogP contribution in [-0.4, -0.2) is 41.3 Å². The molecule has 1 aliphatic rings. The minimum absolute atomic E-state index is 0.150. The van der Waals surface area contributed by atoms with E-state index < -0.39 is 5.97 Å². The van der Waals surface area contributed by atoms with Crippen molar-refractivity contribution in [2.45, 2.75) is 13.2 Å². The summed E-state index contributed by atoms with van der Waals surface area (Å²) < 4.78 is 17.7. The monoisotopic (exact) mass is 706 g/mol. The van der Waals surface area contributed by atoms with Gasteiger partial charge in [-0.1, -0.05) is 42.5 Å². The van der Waals surface area contributed by atoms with E-state index >= 15 is 0 Å². The number of hydrogen-bond acceptors (Lipinski definition) is 7. The fraction of sp³-hybridized carbons (Fsp3) is 0.121. The highest BCUT2D eigenvalue weighted by Crippen LogP contribution is 2.39. The molecule has 1 aliphatic heterocycles. The van der Waals surface area contributed by atoms with Gasteiger partial charge in [-0.3, -0.25) is 9.69 Å². The third-order valence-electron chi connectivity index (χ3n) is 6.48. The Hall–Kier alpha value is -4.29. The molecule has 5 rings (SSSR count). The number of nitrogens with zero attached hydrogens (tertiary/aromatic N) is 2. The highest BCUT2D eigenvalue weighted by atomic mass is 127. The molecule has 0 aliphatic carbocycles. The van der Waals surface area contributed by atoms with E-state index in [9.17, 15) is 14.7 Å². The van der Waals surface area contributed by atoms with Gasteiger partial charge in [0.25, 0.3) is 5.91 Å². The van der Waals surface area contributed by atoms with E-state index in [4.69, 9.17) is 19.2 Å². The maximum Gasteiger partial charge on any atom is 0.335 e. The molecule has 0 radical (unpaired) electrons. The van der Waals surface area contributed by atoms with E-state index in [1.807, 2.05) is 72.8 Å². The van der Waals surface area contributed by atoms with Gasteiger partial charge in [0, 0.05) is 0 Å². The van der Waals surface area contributed by atoms with Gasteiger partial charge in [0.2, 0.25) is 0 Å². The number of benzene rings is 4. The zero-order valence-corrected chi connectivity index (χ0v) is 26.3. The van der Waals surface area contributed by atoms with Crippen LogP contribution in [0.25, 0.3) is 6.08 Å². The van der Waals surface area contributed by atoms with Crippen molar-refractivity contribution in [1.29, 1.82) is 0 Å². The summed E-state index contributed by atoms with van der Waals surface area (Å²) in [7, 11) is 3.17. The number of thioether (sulfide) groups is 1. The molecule has 1 saturated heterocycles. The number of rotatable bonds is 10. The minimum Gasteiger partial charge on any atom is -0.497 e. The van der Waals surface area contributed by atoms with Gasteiger partial charge >= 0.3 is 5.97 Å². The van der Waals surface area contributed by atoms with Crippen molar-refractivity contribution in [3.05, 3.63) is 122 Å². The molecule has 1 N–H and O–H groups in total. The third kappa shape index (κ3) is 7.38. The van der Waals surface area contributed by atoms with Gasteiger partial charge in [0.05, 0.1) is 40.5 Å². The first-order valence-corrected chi connectivity index (χ1v) is 15.0. The Morgan fingerprint density at radius 3 is 2.42 bits per heavy atom. The molecule has 4 aromatic carbocycles. The summed E-state index contributed by atoms with van der Waals surface area (Å²) in [5.41, 5.74) is 3.38. The number of amidine groups is 1. The predicted molar refractivity (Wildman–Crippen MR) is 176 cm³/mol. The molecule has 8 nitrogen and oxygen atoms in total. The van der Waals surface area contributed by atoms with Gasteiger partial charge in [0.1, 0.15) is 12.4 Å². The van der Waals surface area contributed by atoms with Gasteiger partial charge in [-0.25, -0.2) is 9.79 Å². The molecule has 0 atom stereocenters. The van der Waals surface area contributed by atoms with Gasteiger partial charge in [-0.15, -0.1) is 0 Å². The van der Waals surface area contributed by atoms with E-state index in [0.29, 0.717) is 28.1 Å². The topological polar surface area (TPSA) is 97.7 Å². The molecule has 10 heteroatoms. The Morgan fingerprint density at radius 1 is 0.953 bits per heavy atom. The predicted octanol–water partition coefficient (Wildman–Crippen LogP) is 7.39. The first kappa shape index (κ1) is 30.2. The maximum absolute atomic E-state index is 13.7. The lowest BCUT2D eigenvalue weighted by molar-refractivity contribution is -0.122. The number of carbonyl (C=O) groups excluding carboxylic acids is 1. The number of carboxylic acid groups (broad SMARTS) is 1. The Bertz CT molecular complexity index is 1710. The number of carboxylic acids is 1. The third-order valence-corrected chi connectivity index (χ3v) is 8.28. The number of halogens is 1. The second-order valence-corrected chi connectivity index (χ2v) is 11.6. The SMILES string of the molecule is COc1ccc(CN2C(=O)/C(=C/c3cc(I)c(OCc4cccc(C(=O)O)c4)c(OC)c3)SC2=Nc2ccccc2)cc1. The number of hydrogen-bond donors (Lipinski definition) is 1. The van der Waals surface area contributed by atoms with Crippen molar-refractivity contribution in [3.8, 4) is 17.2 Å². The summed E-state index contributed by atoms with van der Waals surface area (Å²) in [6.45, 7) is 0.525. The summed E-state index contributed by atoms with van der Waals surface area (Å²) in [6.07, 6.45) is 1.83. The number of amides is 1. The van der Waals surface area contributed by atoms with Crippen molar-refractivity contribution < 1.29 is 28.9 Å². The molecule has 0 bridgehead atoms. The second-order valence-electron chi connectivity index (χ2n) is 9.41. The molecule has 4 aromatic rings. The van der Waals surface area contributed by atoms with Crippen LogP contribution in [0.15, 0.2) is 101 Å². The first-order valence-electron chi connectivity index (χ1n) is 13.1. The van der Waals surface area contributed by atoms with Crippen LogP contribution in [0.1, 0.15) is 27.0 Å². The van der Waals surface area contributed by atoms with Crippen LogP contribution in [-0.2, 0) is 17.9 Å². The van der Waals surface area contributed by atoms with E-state index in [1.165, 1.54) is 17.8 Å². The van der Waals surface area contributed by atoms with Gasteiger partial charge < -0.3 is 19.3 Å². The molecule has 0 saturated carbocycles. The summed E-state index contributed by atoms with van der Waals surface area (Å²) in [5, 5.41) is 9.87. The Kier molecular flexibility index (Phi) is 9.68. The van der Waals surface area contributed by atoms with E-state index in [0.717, 1.165) is 31.7 Å². The van der Waals surface area contributed by atoms with Crippen LogP contribution < -0.4 is 14.2 Å². The Balaban J connectivity index is 1.42. The lowest BCUT2D eigenvalue weighted by Gasteiger charge is -2.16. The Morgan fingerprint density at radius 2 is 1.72 bits per heavy atom. The number of methoxy groups -OCH3 is 2. The molecule has 0 spiro atoms. The van der Waals surface area contributed by atoms with Crippen molar-refractivity contribution in [1.82, 2.24) is 4.90 Å². The van der Waals surface area contributed by atoms with Crippen molar-refractivity contribution in [2.24, 2.45) is 4.99 Å². The summed E-state index contributed by atoms with van der Waals surface area (Å²) in [5.74, 6) is 0.628. The Labute approximate surface area is 267 Å². The fourth-order valence-corrected chi connectivity index (χ4v) is 6.10. The van der Waals surface area contributed by atoms with Crippen LogP contribution in [0.3, 0.4) is 0 Å². The molecule has 218 valence electrons. The number of para-hydroxylation sites is 1. The average Bonchev–Trinajstić information content (AvgIpc) is 3.29. The van der Waals surface area contributed by atoms with Gasteiger partial charge in [-0.2, -0.15) is 0 Å². The molecule has 1 fully saturated rings. The standard InChI is InChI=1S/C33H27IN2O6S/c1-40-26-13-11-21(12-14-26)19-36-31(37)29(43-33(36)35-25-9-4-3-5-10-25)18-23-16-27(34)30(28(17-23)41-2)42-20-22-7-6-8-24(15-22)32(38)39/h3-18H,19-20H2,1-2H3,(H,38,39)/b29-18-,35-33?. The lowest BCUT2D eigenvalue weighted by Crippen LogP contribution is -2.28. The zero-order chi connectivity index (χ0) is 30.3. The average molecular weight is 707 g/mol. The van der Waals surface area contributed by atoms with Crippen LogP contribution in [0.4, 0.5) is 5.69 Å². The minimum atomic E-state index is -0.995. The highest BCUT2D eigenvalue weighted by molar-refractivity contribution is 14.1. The fourth-order valence-electron chi connectivity index (χ4n) is 4.32. The van der Waals surface area contributed by atoms with Crippen molar-refractivity contribution >= 4 is 63.2 Å².